The van der Waals surface area contributed by atoms with Gasteiger partial charge in [-0.25, -0.2) is 0 Å². The zero-order valence-electron chi connectivity index (χ0n) is 16.9. The molecule has 1 N–H and O–H groups in total. The second-order valence-corrected chi connectivity index (χ2v) is 7.60. The van der Waals surface area contributed by atoms with Crippen LogP contribution in [0.15, 0.2) is 40.8 Å². The molecular formula is C21H26F3N3O2S. The topological polar surface area (TPSA) is 40.9 Å². The number of alkyl halides is 3. The largest absolute Gasteiger partial charge is 0.464 e. The summed E-state index contributed by atoms with van der Waals surface area (Å²) >= 11 is 5.49. The zero-order chi connectivity index (χ0) is 21.6. The standard InChI is InChI=1S/C21H26F3N3O2S/c1-16-7-8-17(29-16)15-27(10-4-9-26-11-13-28-14-12-26)20(30)25-19-6-3-2-5-18(19)21(22,23)24/h2-3,5-8H,4,9-15H2,1H3,(H,25,30). The maximum absolute atomic E-state index is 13.3. The number of hydrogen-bond acceptors (Lipinski definition) is 4. The van der Waals surface area contributed by atoms with Crippen molar-refractivity contribution in [1.29, 1.82) is 0 Å². The molecule has 0 amide bonds. The third-order valence-corrected chi connectivity index (χ3v) is 5.27. The van der Waals surface area contributed by atoms with Gasteiger partial charge in [-0.3, -0.25) is 4.90 Å². The second kappa shape index (κ2) is 10.3. The van der Waals surface area contributed by atoms with Crippen molar-refractivity contribution in [1.82, 2.24) is 9.80 Å². The first-order chi connectivity index (χ1) is 14.3. The van der Waals surface area contributed by atoms with Gasteiger partial charge < -0.3 is 19.4 Å². The number of benzene rings is 1. The molecule has 2 heterocycles. The van der Waals surface area contributed by atoms with Gasteiger partial charge in [0.2, 0.25) is 0 Å². The summed E-state index contributed by atoms with van der Waals surface area (Å²) < 4.78 is 51.0. The molecule has 0 aliphatic carbocycles. The van der Waals surface area contributed by atoms with Crippen molar-refractivity contribution in [3.05, 3.63) is 53.5 Å². The summed E-state index contributed by atoms with van der Waals surface area (Å²) in [5, 5.41) is 3.03. The van der Waals surface area contributed by atoms with Gasteiger partial charge in [-0.05, 0) is 49.8 Å². The van der Waals surface area contributed by atoms with Gasteiger partial charge >= 0.3 is 6.18 Å². The van der Waals surface area contributed by atoms with Crippen LogP contribution in [0, 0.1) is 6.92 Å². The fourth-order valence-electron chi connectivity index (χ4n) is 3.35. The summed E-state index contributed by atoms with van der Waals surface area (Å²) in [6.45, 7) is 6.93. The molecular weight excluding hydrogens is 415 g/mol. The molecule has 0 unspecified atom stereocenters. The van der Waals surface area contributed by atoms with Gasteiger partial charge in [0, 0.05) is 26.2 Å². The Morgan fingerprint density at radius 2 is 1.90 bits per heavy atom. The van der Waals surface area contributed by atoms with Crippen LogP contribution in [0.5, 0.6) is 0 Å². The summed E-state index contributed by atoms with van der Waals surface area (Å²) in [6, 6.07) is 9.07. The van der Waals surface area contributed by atoms with Gasteiger partial charge in [-0.15, -0.1) is 0 Å². The first-order valence-electron chi connectivity index (χ1n) is 9.90. The van der Waals surface area contributed by atoms with E-state index in [0.29, 0.717) is 18.8 Å². The molecule has 1 aliphatic heterocycles. The quantitative estimate of drug-likeness (QED) is 0.637. The fraction of sp³-hybridized carbons (Fsp3) is 0.476. The maximum atomic E-state index is 13.3. The van der Waals surface area contributed by atoms with Crippen LogP contribution in [0.2, 0.25) is 0 Å². The van der Waals surface area contributed by atoms with Crippen molar-refractivity contribution in [2.75, 3.05) is 44.7 Å². The lowest BCUT2D eigenvalue weighted by Crippen LogP contribution is -2.40. The molecule has 1 fully saturated rings. The average molecular weight is 442 g/mol. The third kappa shape index (κ3) is 6.45. The maximum Gasteiger partial charge on any atom is 0.418 e. The predicted octanol–water partition coefficient (Wildman–Crippen LogP) is 4.53. The molecule has 1 saturated heterocycles. The third-order valence-electron chi connectivity index (χ3n) is 4.91. The SMILES string of the molecule is Cc1ccc(CN(CCCN2CCOCC2)C(=S)Nc2ccccc2C(F)(F)F)o1. The minimum atomic E-state index is -4.46. The number of halogens is 3. The monoisotopic (exact) mass is 441 g/mol. The highest BCUT2D eigenvalue weighted by atomic mass is 32.1. The molecule has 0 spiro atoms. The number of hydrogen-bond donors (Lipinski definition) is 1. The van der Waals surface area contributed by atoms with E-state index in [1.165, 1.54) is 12.1 Å². The Kier molecular flexibility index (Phi) is 7.74. The van der Waals surface area contributed by atoms with Crippen molar-refractivity contribution in [2.45, 2.75) is 26.1 Å². The average Bonchev–Trinajstić information content (AvgIpc) is 3.12. The van der Waals surface area contributed by atoms with Crippen LogP contribution in [0.25, 0.3) is 0 Å². The van der Waals surface area contributed by atoms with Crippen molar-refractivity contribution < 1.29 is 22.3 Å². The lowest BCUT2D eigenvalue weighted by atomic mass is 10.1. The molecule has 30 heavy (non-hydrogen) atoms. The number of morpholine rings is 1. The minimum absolute atomic E-state index is 0.0520. The number of furan rings is 1. The Hall–Kier alpha value is -2.10. The predicted molar refractivity (Wildman–Crippen MR) is 113 cm³/mol. The van der Waals surface area contributed by atoms with Crippen molar-refractivity contribution in [2.24, 2.45) is 0 Å². The van der Waals surface area contributed by atoms with Crippen LogP contribution in [-0.2, 0) is 17.5 Å². The number of ether oxygens (including phenoxy) is 1. The highest BCUT2D eigenvalue weighted by molar-refractivity contribution is 7.80. The normalized spacial score (nSPS) is 15.2. The second-order valence-electron chi connectivity index (χ2n) is 7.21. The molecule has 0 saturated carbocycles. The summed E-state index contributed by atoms with van der Waals surface area (Å²) in [5.74, 6) is 1.49. The van der Waals surface area contributed by atoms with E-state index in [-0.39, 0.29) is 10.8 Å². The zero-order valence-corrected chi connectivity index (χ0v) is 17.7. The first-order valence-corrected chi connectivity index (χ1v) is 10.3. The number of para-hydroxylation sites is 1. The summed E-state index contributed by atoms with van der Waals surface area (Å²) in [5.41, 5.74) is -0.793. The molecule has 3 rings (SSSR count). The Labute approximate surface area is 179 Å². The van der Waals surface area contributed by atoms with E-state index in [2.05, 4.69) is 10.2 Å². The van der Waals surface area contributed by atoms with Gasteiger partial charge in [-0.1, -0.05) is 12.1 Å². The van der Waals surface area contributed by atoms with Crippen LogP contribution in [0.4, 0.5) is 18.9 Å². The number of anilines is 1. The van der Waals surface area contributed by atoms with E-state index in [9.17, 15) is 13.2 Å². The summed E-state index contributed by atoms with van der Waals surface area (Å²) in [4.78, 5) is 4.16. The van der Waals surface area contributed by atoms with Gasteiger partial charge in [0.15, 0.2) is 5.11 Å². The number of nitrogens with one attached hydrogen (secondary N) is 1. The Morgan fingerprint density at radius 1 is 1.17 bits per heavy atom. The van der Waals surface area contributed by atoms with Crippen molar-refractivity contribution in [3.8, 4) is 0 Å². The van der Waals surface area contributed by atoms with Crippen LogP contribution in [0.3, 0.4) is 0 Å². The van der Waals surface area contributed by atoms with Gasteiger partial charge in [0.25, 0.3) is 0 Å². The van der Waals surface area contributed by atoms with E-state index in [0.717, 1.165) is 51.1 Å². The number of aryl methyl sites for hydroxylation is 1. The fourth-order valence-corrected chi connectivity index (χ4v) is 3.62. The molecule has 1 aromatic carbocycles. The lowest BCUT2D eigenvalue weighted by molar-refractivity contribution is -0.136. The molecule has 9 heteroatoms. The molecule has 0 atom stereocenters. The van der Waals surface area contributed by atoms with E-state index < -0.39 is 11.7 Å². The van der Waals surface area contributed by atoms with Gasteiger partial charge in [0.05, 0.1) is 31.0 Å². The van der Waals surface area contributed by atoms with Crippen molar-refractivity contribution >= 4 is 23.0 Å². The lowest BCUT2D eigenvalue weighted by Gasteiger charge is -2.29. The van der Waals surface area contributed by atoms with Gasteiger partial charge in [0.1, 0.15) is 11.5 Å². The number of nitrogens with zero attached hydrogens (tertiary/aromatic N) is 2. The molecule has 0 bridgehead atoms. The first kappa shape index (κ1) is 22.6. The number of thiocarbonyl (C=S) groups is 1. The number of rotatable bonds is 7. The van der Waals surface area contributed by atoms with E-state index >= 15 is 0 Å². The highest BCUT2D eigenvalue weighted by Gasteiger charge is 2.33. The van der Waals surface area contributed by atoms with Crippen LogP contribution in [-0.4, -0.2) is 54.3 Å². The van der Waals surface area contributed by atoms with Crippen LogP contribution >= 0.6 is 12.2 Å². The molecule has 1 aliphatic rings. The molecule has 2 aromatic rings. The van der Waals surface area contributed by atoms with Crippen molar-refractivity contribution in [3.63, 3.8) is 0 Å². The molecule has 164 valence electrons. The van der Waals surface area contributed by atoms with Crippen LogP contribution in [0.1, 0.15) is 23.5 Å². The Morgan fingerprint density at radius 3 is 2.57 bits per heavy atom. The molecule has 1 aromatic heterocycles. The smallest absolute Gasteiger partial charge is 0.418 e. The summed E-state index contributed by atoms with van der Waals surface area (Å²) in [6.07, 6.45) is -3.64. The van der Waals surface area contributed by atoms with Gasteiger partial charge in [-0.2, -0.15) is 13.2 Å². The molecule has 0 radical (unpaired) electrons. The van der Waals surface area contributed by atoms with E-state index in [1.54, 1.807) is 6.07 Å². The Balaban J connectivity index is 1.68. The van der Waals surface area contributed by atoms with E-state index in [4.69, 9.17) is 21.4 Å². The highest BCUT2D eigenvalue weighted by Crippen LogP contribution is 2.34. The minimum Gasteiger partial charge on any atom is -0.464 e. The Bertz CT molecular complexity index is 835. The van der Waals surface area contributed by atoms with E-state index in [1.807, 2.05) is 24.0 Å². The molecule has 5 nitrogen and oxygen atoms in total. The van der Waals surface area contributed by atoms with Crippen LogP contribution < -0.4 is 5.32 Å². The summed E-state index contributed by atoms with van der Waals surface area (Å²) in [7, 11) is 0.